The van der Waals surface area contributed by atoms with Crippen molar-refractivity contribution in [1.29, 1.82) is 0 Å². The van der Waals surface area contributed by atoms with Crippen LogP contribution in [0.1, 0.15) is 18.4 Å². The second-order valence-corrected chi connectivity index (χ2v) is 3.93. The lowest BCUT2D eigenvalue weighted by Gasteiger charge is -2.01. The van der Waals surface area contributed by atoms with Gasteiger partial charge in [0.1, 0.15) is 0 Å². The summed E-state index contributed by atoms with van der Waals surface area (Å²) in [4.78, 5) is 0. The Hall–Kier alpha value is -0.500. The van der Waals surface area contributed by atoms with Crippen molar-refractivity contribution in [2.24, 2.45) is 0 Å². The molecule has 58 valence electrons. The fraction of sp³-hybridized carbons (Fsp3) is 0.333. The van der Waals surface area contributed by atoms with Gasteiger partial charge in [-0.15, -0.1) is 0 Å². The molecule has 0 unspecified atom stereocenters. The Morgan fingerprint density at radius 3 is 3.18 bits per heavy atom. The van der Waals surface area contributed by atoms with Gasteiger partial charge in [0.2, 0.25) is 0 Å². The van der Waals surface area contributed by atoms with Gasteiger partial charge in [0.25, 0.3) is 0 Å². The molecule has 1 aromatic rings. The lowest BCUT2D eigenvalue weighted by atomic mass is 10.0. The van der Waals surface area contributed by atoms with Crippen LogP contribution in [0.5, 0.6) is 0 Å². The first-order valence-corrected chi connectivity index (χ1v) is 4.60. The van der Waals surface area contributed by atoms with Crippen LogP contribution in [0.2, 0.25) is 0 Å². The number of fused-ring (bicyclic) bond motifs is 1. The molecule has 0 amide bonds. The van der Waals surface area contributed by atoms with Gasteiger partial charge in [0.05, 0.1) is 0 Å². The molecule has 0 aromatic heterocycles. The van der Waals surface area contributed by atoms with E-state index in [1.807, 2.05) is 0 Å². The number of halogens is 1. The Morgan fingerprint density at radius 1 is 1.55 bits per heavy atom. The first kappa shape index (κ1) is 7.17. The predicted octanol–water partition coefficient (Wildman–Crippen LogP) is 2.98. The van der Waals surface area contributed by atoms with Crippen molar-refractivity contribution in [2.75, 3.05) is 11.9 Å². The van der Waals surface area contributed by atoms with E-state index in [-0.39, 0.29) is 0 Å². The normalized spacial score (nSPS) is 21.1. The van der Waals surface area contributed by atoms with E-state index in [0.717, 1.165) is 6.54 Å². The lowest BCUT2D eigenvalue weighted by Crippen LogP contribution is -1.95. The number of hydrogen-bond donors (Lipinski definition) is 1. The van der Waals surface area contributed by atoms with Crippen LogP contribution in [0.15, 0.2) is 22.7 Å². The summed E-state index contributed by atoms with van der Waals surface area (Å²) in [6.45, 7) is 3.32. The van der Waals surface area contributed by atoms with Gasteiger partial charge in [-0.2, -0.15) is 0 Å². The SMILES string of the molecule is C[C@@H]1CNc2ccc(Br)cc21. The maximum absolute atomic E-state index is 3.46. The van der Waals surface area contributed by atoms with E-state index in [9.17, 15) is 0 Å². The molecule has 1 nitrogen and oxygen atoms in total. The van der Waals surface area contributed by atoms with Crippen molar-refractivity contribution in [2.45, 2.75) is 12.8 Å². The quantitative estimate of drug-likeness (QED) is 0.697. The highest BCUT2D eigenvalue weighted by Crippen LogP contribution is 2.32. The number of nitrogens with one attached hydrogen (secondary N) is 1. The molecule has 2 heteroatoms. The van der Waals surface area contributed by atoms with Crippen molar-refractivity contribution in [1.82, 2.24) is 0 Å². The lowest BCUT2D eigenvalue weighted by molar-refractivity contribution is 0.853. The van der Waals surface area contributed by atoms with Crippen LogP contribution in [-0.2, 0) is 0 Å². The van der Waals surface area contributed by atoms with Gasteiger partial charge in [-0.3, -0.25) is 0 Å². The summed E-state index contributed by atoms with van der Waals surface area (Å²) in [5, 5.41) is 3.36. The average Bonchev–Trinajstić information content (AvgIpc) is 2.33. The molecule has 2 rings (SSSR count). The van der Waals surface area contributed by atoms with Crippen molar-refractivity contribution < 1.29 is 0 Å². The van der Waals surface area contributed by atoms with Gasteiger partial charge in [0, 0.05) is 22.6 Å². The third-order valence-corrected chi connectivity index (χ3v) is 2.64. The van der Waals surface area contributed by atoms with Gasteiger partial charge >= 0.3 is 0 Å². The number of benzene rings is 1. The molecule has 1 N–H and O–H groups in total. The van der Waals surface area contributed by atoms with Crippen LogP contribution in [0.3, 0.4) is 0 Å². The fourth-order valence-electron chi connectivity index (χ4n) is 1.48. The summed E-state index contributed by atoms with van der Waals surface area (Å²) in [6.07, 6.45) is 0. The van der Waals surface area contributed by atoms with E-state index in [1.165, 1.54) is 15.7 Å². The first-order chi connectivity index (χ1) is 5.27. The fourth-order valence-corrected chi connectivity index (χ4v) is 1.85. The van der Waals surface area contributed by atoms with Crippen LogP contribution in [0, 0.1) is 0 Å². The van der Waals surface area contributed by atoms with E-state index in [0.29, 0.717) is 5.92 Å². The zero-order valence-electron chi connectivity index (χ0n) is 6.39. The Bertz CT molecular complexity index is 283. The predicted molar refractivity (Wildman–Crippen MR) is 51.0 cm³/mol. The molecule has 0 spiro atoms. The monoisotopic (exact) mass is 211 g/mol. The smallest absolute Gasteiger partial charge is 0.0377 e. The first-order valence-electron chi connectivity index (χ1n) is 3.80. The standard InChI is InChI=1S/C9H10BrN/c1-6-5-11-9-3-2-7(10)4-8(6)9/h2-4,6,11H,5H2,1H3/t6-/m1/s1. The molecule has 0 saturated carbocycles. The Balaban J connectivity index is 2.52. The van der Waals surface area contributed by atoms with Crippen molar-refractivity contribution >= 4 is 21.6 Å². The highest BCUT2D eigenvalue weighted by molar-refractivity contribution is 9.10. The maximum Gasteiger partial charge on any atom is 0.0377 e. The molecule has 0 fully saturated rings. The van der Waals surface area contributed by atoms with Crippen LogP contribution in [0.4, 0.5) is 5.69 Å². The molecule has 0 saturated heterocycles. The molecule has 0 bridgehead atoms. The summed E-state index contributed by atoms with van der Waals surface area (Å²) >= 11 is 3.46. The molecule has 1 atom stereocenters. The highest BCUT2D eigenvalue weighted by atomic mass is 79.9. The summed E-state index contributed by atoms with van der Waals surface area (Å²) in [6, 6.07) is 6.40. The minimum Gasteiger partial charge on any atom is -0.384 e. The Morgan fingerprint density at radius 2 is 2.36 bits per heavy atom. The molecule has 1 aromatic carbocycles. The average molecular weight is 212 g/mol. The second-order valence-electron chi connectivity index (χ2n) is 3.01. The van der Waals surface area contributed by atoms with Gasteiger partial charge in [0.15, 0.2) is 0 Å². The number of hydrogen-bond acceptors (Lipinski definition) is 1. The van der Waals surface area contributed by atoms with E-state index in [1.54, 1.807) is 0 Å². The van der Waals surface area contributed by atoms with Crippen LogP contribution in [0.25, 0.3) is 0 Å². The summed E-state index contributed by atoms with van der Waals surface area (Å²) in [5.74, 6) is 0.655. The van der Waals surface area contributed by atoms with Crippen molar-refractivity contribution in [3.05, 3.63) is 28.2 Å². The topological polar surface area (TPSA) is 12.0 Å². The van der Waals surface area contributed by atoms with Crippen LogP contribution < -0.4 is 5.32 Å². The van der Waals surface area contributed by atoms with Crippen molar-refractivity contribution in [3.8, 4) is 0 Å². The van der Waals surface area contributed by atoms with Gasteiger partial charge < -0.3 is 5.32 Å². The zero-order valence-corrected chi connectivity index (χ0v) is 7.98. The van der Waals surface area contributed by atoms with E-state index in [2.05, 4.69) is 46.4 Å². The minimum absolute atomic E-state index is 0.655. The Labute approximate surface area is 74.9 Å². The minimum atomic E-state index is 0.655. The van der Waals surface area contributed by atoms with Crippen LogP contribution >= 0.6 is 15.9 Å². The molecule has 0 radical (unpaired) electrons. The van der Waals surface area contributed by atoms with E-state index in [4.69, 9.17) is 0 Å². The molecular weight excluding hydrogens is 202 g/mol. The van der Waals surface area contributed by atoms with E-state index < -0.39 is 0 Å². The number of anilines is 1. The highest BCUT2D eigenvalue weighted by Gasteiger charge is 2.16. The molecule has 1 aliphatic rings. The van der Waals surface area contributed by atoms with Crippen molar-refractivity contribution in [3.63, 3.8) is 0 Å². The second kappa shape index (κ2) is 2.52. The molecule has 1 heterocycles. The molecule has 1 aliphatic heterocycles. The largest absolute Gasteiger partial charge is 0.384 e. The van der Waals surface area contributed by atoms with Gasteiger partial charge in [-0.05, 0) is 23.8 Å². The summed E-state index contributed by atoms with van der Waals surface area (Å²) in [7, 11) is 0. The third-order valence-electron chi connectivity index (χ3n) is 2.14. The molecule has 0 aliphatic carbocycles. The maximum atomic E-state index is 3.46. The van der Waals surface area contributed by atoms with Gasteiger partial charge in [-0.25, -0.2) is 0 Å². The van der Waals surface area contributed by atoms with Crippen LogP contribution in [-0.4, -0.2) is 6.54 Å². The summed E-state index contributed by atoms with van der Waals surface area (Å²) in [5.41, 5.74) is 2.72. The van der Waals surface area contributed by atoms with Gasteiger partial charge in [-0.1, -0.05) is 22.9 Å². The number of rotatable bonds is 0. The Kier molecular flexibility index (Phi) is 1.64. The molecular formula is C9H10BrN. The summed E-state index contributed by atoms with van der Waals surface area (Å²) < 4.78 is 1.17. The van der Waals surface area contributed by atoms with E-state index >= 15 is 0 Å². The zero-order chi connectivity index (χ0) is 7.84. The molecule has 11 heavy (non-hydrogen) atoms. The third kappa shape index (κ3) is 1.16.